The van der Waals surface area contributed by atoms with Gasteiger partial charge in [0, 0.05) is 23.8 Å². The number of fused-ring (bicyclic) bond motifs is 1. The van der Waals surface area contributed by atoms with Crippen LogP contribution in [0.25, 0.3) is 10.9 Å². The zero-order chi connectivity index (χ0) is 13.1. The number of hydrogen-bond acceptors (Lipinski definition) is 3. The molecule has 1 aliphatic rings. The second-order valence-electron chi connectivity index (χ2n) is 5.43. The van der Waals surface area contributed by atoms with Crippen LogP contribution in [0.5, 0.6) is 0 Å². The Hall–Kier alpha value is -1.61. The summed E-state index contributed by atoms with van der Waals surface area (Å²) < 4.78 is 0. The van der Waals surface area contributed by atoms with E-state index >= 15 is 0 Å². The molecule has 3 heteroatoms. The molecule has 0 unspecified atom stereocenters. The van der Waals surface area contributed by atoms with Crippen LogP contribution < -0.4 is 5.32 Å². The number of aromatic nitrogens is 1. The number of para-hydroxylation sites is 1. The molecule has 0 saturated heterocycles. The second kappa shape index (κ2) is 5.57. The van der Waals surface area contributed by atoms with Gasteiger partial charge < -0.3 is 10.4 Å². The van der Waals surface area contributed by atoms with Gasteiger partial charge >= 0.3 is 0 Å². The molecule has 2 aromatic rings. The van der Waals surface area contributed by atoms with Crippen LogP contribution in [0.15, 0.2) is 36.5 Å². The minimum absolute atomic E-state index is 0.0713. The van der Waals surface area contributed by atoms with Gasteiger partial charge in [-0.25, -0.2) is 0 Å². The minimum Gasteiger partial charge on any atom is -0.393 e. The van der Waals surface area contributed by atoms with Gasteiger partial charge in [-0.3, -0.25) is 4.98 Å². The van der Waals surface area contributed by atoms with E-state index < -0.39 is 0 Å². The molecular weight excluding hydrogens is 236 g/mol. The first-order valence-electron chi connectivity index (χ1n) is 7.08. The summed E-state index contributed by atoms with van der Waals surface area (Å²) >= 11 is 0. The highest BCUT2D eigenvalue weighted by Gasteiger charge is 2.19. The normalized spacial score (nSPS) is 23.4. The van der Waals surface area contributed by atoms with Crippen LogP contribution in [-0.4, -0.2) is 22.7 Å². The average molecular weight is 256 g/mol. The van der Waals surface area contributed by atoms with Gasteiger partial charge in [-0.2, -0.15) is 0 Å². The standard InChI is InChI=1S/C16H20N2O/c19-13-7-5-12(6-8-13)11-18-16-9-10-17-15-4-2-1-3-14(15)16/h1-4,9-10,12-13,19H,5-8,11H2,(H,17,18). The Balaban J connectivity index is 1.68. The van der Waals surface area contributed by atoms with E-state index in [9.17, 15) is 5.11 Å². The Morgan fingerprint density at radius 1 is 1.11 bits per heavy atom. The lowest BCUT2D eigenvalue weighted by Crippen LogP contribution is -2.23. The molecule has 100 valence electrons. The van der Waals surface area contributed by atoms with Crippen LogP contribution in [0.1, 0.15) is 25.7 Å². The monoisotopic (exact) mass is 256 g/mol. The molecule has 0 atom stereocenters. The lowest BCUT2D eigenvalue weighted by Gasteiger charge is -2.26. The van der Waals surface area contributed by atoms with Crippen molar-refractivity contribution in [2.45, 2.75) is 31.8 Å². The molecule has 1 heterocycles. The number of nitrogens with one attached hydrogen (secondary N) is 1. The van der Waals surface area contributed by atoms with Crippen molar-refractivity contribution in [2.24, 2.45) is 5.92 Å². The first kappa shape index (κ1) is 12.4. The van der Waals surface area contributed by atoms with E-state index in [-0.39, 0.29) is 6.10 Å². The van der Waals surface area contributed by atoms with Gasteiger partial charge in [0.15, 0.2) is 0 Å². The number of rotatable bonds is 3. The van der Waals surface area contributed by atoms with Crippen molar-refractivity contribution in [1.82, 2.24) is 4.98 Å². The van der Waals surface area contributed by atoms with Crippen molar-refractivity contribution in [3.8, 4) is 0 Å². The van der Waals surface area contributed by atoms with E-state index in [0.29, 0.717) is 5.92 Å². The van der Waals surface area contributed by atoms with Crippen LogP contribution in [-0.2, 0) is 0 Å². The van der Waals surface area contributed by atoms with Crippen molar-refractivity contribution in [1.29, 1.82) is 0 Å². The maximum Gasteiger partial charge on any atom is 0.0722 e. The summed E-state index contributed by atoms with van der Waals surface area (Å²) in [6.45, 7) is 0.987. The molecule has 0 spiro atoms. The highest BCUT2D eigenvalue weighted by molar-refractivity contribution is 5.90. The second-order valence-corrected chi connectivity index (χ2v) is 5.43. The van der Waals surface area contributed by atoms with Crippen molar-refractivity contribution >= 4 is 16.6 Å². The maximum atomic E-state index is 9.52. The third kappa shape index (κ3) is 2.87. The van der Waals surface area contributed by atoms with E-state index in [2.05, 4.69) is 16.4 Å². The van der Waals surface area contributed by atoms with Crippen LogP contribution >= 0.6 is 0 Å². The predicted molar refractivity (Wildman–Crippen MR) is 78.2 cm³/mol. The van der Waals surface area contributed by atoms with Gasteiger partial charge in [0.2, 0.25) is 0 Å². The predicted octanol–water partition coefficient (Wildman–Crippen LogP) is 3.20. The number of nitrogens with zero attached hydrogens (tertiary/aromatic N) is 1. The molecule has 1 aromatic heterocycles. The molecule has 0 bridgehead atoms. The number of anilines is 1. The third-order valence-corrected chi connectivity index (χ3v) is 4.05. The van der Waals surface area contributed by atoms with E-state index in [1.165, 1.54) is 5.39 Å². The van der Waals surface area contributed by atoms with Gasteiger partial charge in [0.1, 0.15) is 0 Å². The van der Waals surface area contributed by atoms with Crippen molar-refractivity contribution in [3.05, 3.63) is 36.5 Å². The number of benzene rings is 1. The Bertz CT molecular complexity index is 542. The fourth-order valence-electron chi connectivity index (χ4n) is 2.85. The van der Waals surface area contributed by atoms with Crippen LogP contribution in [0.4, 0.5) is 5.69 Å². The molecule has 2 N–H and O–H groups in total. The Kier molecular flexibility index (Phi) is 3.65. The number of pyridine rings is 1. The fraction of sp³-hybridized carbons (Fsp3) is 0.438. The van der Waals surface area contributed by atoms with E-state index in [4.69, 9.17) is 0 Å². The topological polar surface area (TPSA) is 45.1 Å². The summed E-state index contributed by atoms with van der Waals surface area (Å²) in [6, 6.07) is 10.3. The van der Waals surface area contributed by atoms with Crippen LogP contribution in [0.3, 0.4) is 0 Å². The van der Waals surface area contributed by atoms with Gasteiger partial charge in [-0.15, -0.1) is 0 Å². The first-order valence-corrected chi connectivity index (χ1v) is 7.08. The average Bonchev–Trinajstić information content (AvgIpc) is 2.47. The zero-order valence-electron chi connectivity index (χ0n) is 11.0. The summed E-state index contributed by atoms with van der Waals surface area (Å²) in [5.74, 6) is 0.676. The molecule has 3 nitrogen and oxygen atoms in total. The van der Waals surface area contributed by atoms with Crippen LogP contribution in [0, 0.1) is 5.92 Å². The van der Waals surface area contributed by atoms with Gasteiger partial charge in [0.25, 0.3) is 0 Å². The van der Waals surface area contributed by atoms with Crippen molar-refractivity contribution in [2.75, 3.05) is 11.9 Å². The van der Waals surface area contributed by atoms with Crippen LogP contribution in [0.2, 0.25) is 0 Å². The molecule has 1 fully saturated rings. The molecular formula is C16H20N2O. The van der Waals surface area contributed by atoms with Gasteiger partial charge in [0.05, 0.1) is 11.6 Å². The summed E-state index contributed by atoms with van der Waals surface area (Å²) in [4.78, 5) is 4.37. The van der Waals surface area contributed by atoms with Crippen molar-refractivity contribution < 1.29 is 5.11 Å². The summed E-state index contributed by atoms with van der Waals surface area (Å²) in [5, 5.41) is 14.3. The Morgan fingerprint density at radius 2 is 1.89 bits per heavy atom. The molecule has 0 radical (unpaired) electrons. The summed E-state index contributed by atoms with van der Waals surface area (Å²) in [6.07, 6.45) is 5.93. The fourth-order valence-corrected chi connectivity index (χ4v) is 2.85. The molecule has 1 aromatic carbocycles. The SMILES string of the molecule is OC1CCC(CNc2ccnc3ccccc23)CC1. The zero-order valence-corrected chi connectivity index (χ0v) is 11.0. The molecule has 0 amide bonds. The highest BCUT2D eigenvalue weighted by atomic mass is 16.3. The first-order chi connectivity index (χ1) is 9.33. The van der Waals surface area contributed by atoms with Crippen molar-refractivity contribution in [3.63, 3.8) is 0 Å². The van der Waals surface area contributed by atoms with Gasteiger partial charge in [-0.1, -0.05) is 18.2 Å². The maximum absolute atomic E-state index is 9.52. The smallest absolute Gasteiger partial charge is 0.0722 e. The summed E-state index contributed by atoms with van der Waals surface area (Å²) in [5.41, 5.74) is 2.20. The number of hydrogen-bond donors (Lipinski definition) is 2. The molecule has 1 saturated carbocycles. The lowest BCUT2D eigenvalue weighted by atomic mass is 9.87. The molecule has 3 rings (SSSR count). The molecule has 1 aliphatic carbocycles. The number of aliphatic hydroxyl groups excluding tert-OH is 1. The van der Waals surface area contributed by atoms with E-state index in [1.54, 1.807) is 0 Å². The largest absolute Gasteiger partial charge is 0.393 e. The highest BCUT2D eigenvalue weighted by Crippen LogP contribution is 2.26. The summed E-state index contributed by atoms with van der Waals surface area (Å²) in [7, 11) is 0. The quantitative estimate of drug-likeness (QED) is 0.886. The van der Waals surface area contributed by atoms with E-state index in [1.807, 2.05) is 30.5 Å². The lowest BCUT2D eigenvalue weighted by molar-refractivity contribution is 0.111. The minimum atomic E-state index is -0.0713. The third-order valence-electron chi connectivity index (χ3n) is 4.05. The Morgan fingerprint density at radius 3 is 2.74 bits per heavy atom. The van der Waals surface area contributed by atoms with Gasteiger partial charge in [-0.05, 0) is 43.7 Å². The number of aliphatic hydroxyl groups is 1. The Labute approximate surface area is 113 Å². The molecule has 19 heavy (non-hydrogen) atoms. The van der Waals surface area contributed by atoms with E-state index in [0.717, 1.165) is 43.4 Å². The molecule has 0 aliphatic heterocycles.